The second-order valence-electron chi connectivity index (χ2n) is 6.68. The van der Waals surface area contributed by atoms with Gasteiger partial charge in [-0.3, -0.25) is 9.78 Å². The Morgan fingerprint density at radius 2 is 1.59 bits per heavy atom. The lowest BCUT2D eigenvalue weighted by molar-refractivity contribution is 0.0526. The second-order valence-corrected chi connectivity index (χ2v) is 6.68. The van der Waals surface area contributed by atoms with Gasteiger partial charge in [-0.2, -0.15) is 0 Å². The summed E-state index contributed by atoms with van der Waals surface area (Å²) in [6.07, 6.45) is 1.58. The highest BCUT2D eigenvalue weighted by atomic mass is 16.5. The molecule has 0 radical (unpaired) electrons. The number of anilines is 3. The van der Waals surface area contributed by atoms with Crippen molar-refractivity contribution in [2.24, 2.45) is 0 Å². The fourth-order valence-electron chi connectivity index (χ4n) is 2.95. The summed E-state index contributed by atoms with van der Waals surface area (Å²) in [5.74, 6) is -0.635. The highest BCUT2D eigenvalue weighted by Crippen LogP contribution is 2.19. The Kier molecular flexibility index (Phi) is 6.24. The molecule has 0 aliphatic rings. The summed E-state index contributed by atoms with van der Waals surface area (Å²) >= 11 is 0. The first kappa shape index (κ1) is 20.1. The maximum absolute atomic E-state index is 12.6. The highest BCUT2D eigenvalue weighted by Gasteiger charge is 2.10. The first-order valence-electron chi connectivity index (χ1n) is 9.34. The van der Waals surface area contributed by atoms with Gasteiger partial charge < -0.3 is 15.4 Å². The minimum absolute atomic E-state index is 0.281. The van der Waals surface area contributed by atoms with Crippen LogP contribution in [-0.4, -0.2) is 23.5 Å². The number of pyridine rings is 1. The van der Waals surface area contributed by atoms with E-state index in [4.69, 9.17) is 4.74 Å². The monoisotopic (exact) mass is 389 g/mol. The molecule has 1 heterocycles. The SMILES string of the molecule is CCOC(=O)c1ccc(Nc2ccnc(C(=O)Nc3cc(C)cc(C)c3)c2)cc1. The minimum Gasteiger partial charge on any atom is -0.462 e. The van der Waals surface area contributed by atoms with Crippen molar-refractivity contribution in [2.45, 2.75) is 20.8 Å². The third-order valence-corrected chi connectivity index (χ3v) is 4.16. The van der Waals surface area contributed by atoms with Crippen molar-refractivity contribution in [1.82, 2.24) is 4.98 Å². The summed E-state index contributed by atoms with van der Waals surface area (Å²) < 4.78 is 4.98. The maximum Gasteiger partial charge on any atom is 0.338 e. The van der Waals surface area contributed by atoms with Gasteiger partial charge in [-0.25, -0.2) is 4.79 Å². The van der Waals surface area contributed by atoms with Gasteiger partial charge in [0.05, 0.1) is 12.2 Å². The molecule has 0 aliphatic heterocycles. The van der Waals surface area contributed by atoms with Gasteiger partial charge in [-0.05, 0) is 80.4 Å². The van der Waals surface area contributed by atoms with Crippen LogP contribution in [0.1, 0.15) is 38.9 Å². The van der Waals surface area contributed by atoms with Crippen LogP contribution in [-0.2, 0) is 4.74 Å². The van der Waals surface area contributed by atoms with Gasteiger partial charge in [0.1, 0.15) is 5.69 Å². The lowest BCUT2D eigenvalue weighted by atomic mass is 10.1. The molecule has 2 aromatic carbocycles. The predicted octanol–water partition coefficient (Wildman–Crippen LogP) is 4.87. The normalized spacial score (nSPS) is 10.3. The molecule has 6 nitrogen and oxygen atoms in total. The van der Waals surface area contributed by atoms with Gasteiger partial charge in [0.15, 0.2) is 0 Å². The molecule has 0 saturated heterocycles. The third-order valence-electron chi connectivity index (χ3n) is 4.16. The number of nitrogens with one attached hydrogen (secondary N) is 2. The molecule has 0 saturated carbocycles. The molecule has 1 amide bonds. The molecule has 0 aliphatic carbocycles. The Morgan fingerprint density at radius 1 is 0.897 bits per heavy atom. The van der Waals surface area contributed by atoms with Crippen LogP contribution in [0.4, 0.5) is 17.1 Å². The number of ether oxygens (including phenoxy) is 1. The number of nitrogens with zero attached hydrogens (tertiary/aromatic N) is 1. The molecule has 0 spiro atoms. The Labute approximate surface area is 169 Å². The molecular weight excluding hydrogens is 366 g/mol. The lowest BCUT2D eigenvalue weighted by Crippen LogP contribution is -2.14. The third kappa shape index (κ3) is 5.42. The van der Waals surface area contributed by atoms with Crippen LogP contribution in [0.15, 0.2) is 60.8 Å². The Balaban J connectivity index is 1.70. The van der Waals surface area contributed by atoms with Crippen molar-refractivity contribution >= 4 is 28.9 Å². The summed E-state index contributed by atoms with van der Waals surface area (Å²) in [6.45, 7) is 6.07. The summed E-state index contributed by atoms with van der Waals surface area (Å²) in [6, 6.07) is 16.3. The zero-order valence-electron chi connectivity index (χ0n) is 16.7. The van der Waals surface area contributed by atoms with Crippen molar-refractivity contribution in [3.05, 3.63) is 83.2 Å². The summed E-state index contributed by atoms with van der Waals surface area (Å²) in [4.78, 5) is 28.5. The number of aryl methyl sites for hydroxylation is 2. The van der Waals surface area contributed by atoms with Gasteiger partial charge >= 0.3 is 5.97 Å². The maximum atomic E-state index is 12.6. The average Bonchev–Trinajstić information content (AvgIpc) is 2.68. The smallest absolute Gasteiger partial charge is 0.338 e. The predicted molar refractivity (Wildman–Crippen MR) is 114 cm³/mol. The van der Waals surface area contributed by atoms with Crippen LogP contribution in [0.2, 0.25) is 0 Å². The number of rotatable bonds is 6. The number of aromatic nitrogens is 1. The zero-order chi connectivity index (χ0) is 20.8. The molecule has 6 heteroatoms. The largest absolute Gasteiger partial charge is 0.462 e. The number of hydrogen-bond donors (Lipinski definition) is 2. The molecule has 0 atom stereocenters. The van der Waals surface area contributed by atoms with Gasteiger partial charge in [-0.15, -0.1) is 0 Å². The molecule has 1 aromatic heterocycles. The van der Waals surface area contributed by atoms with E-state index in [0.717, 1.165) is 28.2 Å². The number of amides is 1. The van der Waals surface area contributed by atoms with E-state index in [1.807, 2.05) is 32.0 Å². The molecule has 2 N–H and O–H groups in total. The van der Waals surface area contributed by atoms with Crippen molar-refractivity contribution < 1.29 is 14.3 Å². The summed E-state index contributed by atoms with van der Waals surface area (Å²) in [7, 11) is 0. The van der Waals surface area contributed by atoms with Gasteiger partial charge in [-0.1, -0.05) is 6.07 Å². The number of benzene rings is 2. The summed E-state index contributed by atoms with van der Waals surface area (Å²) in [5, 5.41) is 6.09. The van der Waals surface area contributed by atoms with E-state index >= 15 is 0 Å². The van der Waals surface area contributed by atoms with Crippen LogP contribution in [0.3, 0.4) is 0 Å². The number of hydrogen-bond acceptors (Lipinski definition) is 5. The zero-order valence-corrected chi connectivity index (χ0v) is 16.7. The fourth-order valence-corrected chi connectivity index (χ4v) is 2.95. The van der Waals surface area contributed by atoms with E-state index in [1.54, 1.807) is 49.5 Å². The minimum atomic E-state index is -0.353. The van der Waals surface area contributed by atoms with Crippen molar-refractivity contribution in [2.75, 3.05) is 17.2 Å². The molecular formula is C23H23N3O3. The van der Waals surface area contributed by atoms with E-state index in [1.165, 1.54) is 0 Å². The molecule has 0 bridgehead atoms. The van der Waals surface area contributed by atoms with E-state index in [2.05, 4.69) is 15.6 Å². The van der Waals surface area contributed by atoms with Crippen LogP contribution in [0, 0.1) is 13.8 Å². The molecule has 0 fully saturated rings. The quantitative estimate of drug-likeness (QED) is 0.588. The Hall–Kier alpha value is -3.67. The molecule has 29 heavy (non-hydrogen) atoms. The average molecular weight is 389 g/mol. The Bertz CT molecular complexity index is 1010. The molecule has 148 valence electrons. The highest BCUT2D eigenvalue weighted by molar-refractivity contribution is 6.03. The van der Waals surface area contributed by atoms with Gasteiger partial charge in [0.25, 0.3) is 5.91 Å². The first-order chi connectivity index (χ1) is 13.9. The summed E-state index contributed by atoms with van der Waals surface area (Å²) in [5.41, 5.74) is 5.18. The van der Waals surface area contributed by atoms with Crippen LogP contribution in [0.5, 0.6) is 0 Å². The van der Waals surface area contributed by atoms with Crippen LogP contribution >= 0.6 is 0 Å². The lowest BCUT2D eigenvalue weighted by Gasteiger charge is -2.10. The van der Waals surface area contributed by atoms with E-state index in [9.17, 15) is 9.59 Å². The van der Waals surface area contributed by atoms with Gasteiger partial charge in [0.2, 0.25) is 0 Å². The molecule has 3 aromatic rings. The second kappa shape index (κ2) is 9.01. The number of carbonyl (C=O) groups excluding carboxylic acids is 2. The van der Waals surface area contributed by atoms with Gasteiger partial charge in [0, 0.05) is 23.3 Å². The van der Waals surface area contributed by atoms with E-state index in [0.29, 0.717) is 17.9 Å². The fraction of sp³-hybridized carbons (Fsp3) is 0.174. The standard InChI is InChI=1S/C23H23N3O3/c1-4-29-23(28)17-5-7-18(8-6-17)25-19-9-10-24-21(14-19)22(27)26-20-12-15(2)11-16(3)13-20/h5-14H,4H2,1-3H3,(H,24,25)(H,26,27). The molecule has 0 unspecified atom stereocenters. The number of carbonyl (C=O) groups is 2. The van der Waals surface area contributed by atoms with Crippen LogP contribution < -0.4 is 10.6 Å². The van der Waals surface area contributed by atoms with Crippen molar-refractivity contribution in [3.63, 3.8) is 0 Å². The molecule has 3 rings (SSSR count). The van der Waals surface area contributed by atoms with E-state index < -0.39 is 0 Å². The van der Waals surface area contributed by atoms with Crippen molar-refractivity contribution in [3.8, 4) is 0 Å². The Morgan fingerprint density at radius 3 is 2.24 bits per heavy atom. The topological polar surface area (TPSA) is 80.3 Å². The first-order valence-corrected chi connectivity index (χ1v) is 9.34. The van der Waals surface area contributed by atoms with E-state index in [-0.39, 0.29) is 11.9 Å². The van der Waals surface area contributed by atoms with Crippen LogP contribution in [0.25, 0.3) is 0 Å². The van der Waals surface area contributed by atoms with Crippen molar-refractivity contribution in [1.29, 1.82) is 0 Å². The number of esters is 1.